The van der Waals surface area contributed by atoms with Crippen LogP contribution in [0.2, 0.25) is 10.0 Å². The van der Waals surface area contributed by atoms with E-state index >= 15 is 0 Å². The lowest BCUT2D eigenvalue weighted by Crippen LogP contribution is -2.48. The Morgan fingerprint density at radius 3 is 2.32 bits per heavy atom. The predicted octanol–water partition coefficient (Wildman–Crippen LogP) is 4.43. The Morgan fingerprint density at radius 2 is 1.71 bits per heavy atom. The van der Waals surface area contributed by atoms with Crippen LogP contribution in [0, 0.1) is 0 Å². The molecule has 7 heteroatoms. The van der Waals surface area contributed by atoms with Crippen molar-refractivity contribution in [1.82, 2.24) is 10.2 Å². The summed E-state index contributed by atoms with van der Waals surface area (Å²) in [6.07, 6.45) is 0.689. The second-order valence-corrected chi connectivity index (χ2v) is 8.11. The fourth-order valence-corrected chi connectivity index (χ4v) is 4.42. The van der Waals surface area contributed by atoms with Crippen LogP contribution in [-0.4, -0.2) is 42.1 Å². The SMILES string of the molecule is CNC(=O)[C@H](C)N(CCc1ccccc1)C(=O)CSCc1c(Cl)cccc1Cl. The molecule has 150 valence electrons. The molecule has 0 saturated carbocycles. The largest absolute Gasteiger partial charge is 0.357 e. The molecule has 2 amide bonds. The van der Waals surface area contributed by atoms with Crippen LogP contribution in [0.1, 0.15) is 18.1 Å². The third kappa shape index (κ3) is 6.43. The minimum absolute atomic E-state index is 0.0831. The van der Waals surface area contributed by atoms with Gasteiger partial charge in [-0.15, -0.1) is 11.8 Å². The smallest absolute Gasteiger partial charge is 0.242 e. The number of hydrogen-bond donors (Lipinski definition) is 1. The van der Waals surface area contributed by atoms with Gasteiger partial charge >= 0.3 is 0 Å². The Morgan fingerprint density at radius 1 is 1.07 bits per heavy atom. The van der Waals surface area contributed by atoms with Crippen molar-refractivity contribution < 1.29 is 9.59 Å². The van der Waals surface area contributed by atoms with Crippen molar-refractivity contribution in [3.8, 4) is 0 Å². The molecule has 0 radical (unpaired) electrons. The van der Waals surface area contributed by atoms with E-state index in [2.05, 4.69) is 5.32 Å². The molecule has 2 rings (SSSR count). The van der Waals surface area contributed by atoms with Crippen LogP contribution < -0.4 is 5.32 Å². The molecule has 0 saturated heterocycles. The highest BCUT2D eigenvalue weighted by Crippen LogP contribution is 2.28. The number of benzene rings is 2. The molecule has 28 heavy (non-hydrogen) atoms. The number of nitrogens with zero attached hydrogens (tertiary/aromatic N) is 1. The van der Waals surface area contributed by atoms with Crippen molar-refractivity contribution in [2.45, 2.75) is 25.1 Å². The molecule has 4 nitrogen and oxygen atoms in total. The van der Waals surface area contributed by atoms with Gasteiger partial charge in [0.05, 0.1) is 5.75 Å². The average Bonchev–Trinajstić information content (AvgIpc) is 2.70. The molecule has 0 heterocycles. The predicted molar refractivity (Wildman–Crippen MR) is 118 cm³/mol. The lowest BCUT2D eigenvalue weighted by molar-refractivity contribution is -0.137. The van der Waals surface area contributed by atoms with Crippen molar-refractivity contribution in [3.63, 3.8) is 0 Å². The number of carbonyl (C=O) groups is 2. The lowest BCUT2D eigenvalue weighted by Gasteiger charge is -2.28. The minimum atomic E-state index is -0.536. The first-order valence-corrected chi connectivity index (χ1v) is 10.9. The van der Waals surface area contributed by atoms with Gasteiger partial charge in [0, 0.05) is 29.4 Å². The van der Waals surface area contributed by atoms with Crippen LogP contribution in [0.3, 0.4) is 0 Å². The number of nitrogens with one attached hydrogen (secondary N) is 1. The molecule has 1 N–H and O–H groups in total. The molecule has 0 aliphatic rings. The van der Waals surface area contributed by atoms with Crippen LogP contribution in [-0.2, 0) is 21.8 Å². The monoisotopic (exact) mass is 438 g/mol. The van der Waals surface area contributed by atoms with Gasteiger partial charge in [-0.05, 0) is 36.6 Å². The number of likely N-dealkylation sites (N-methyl/N-ethyl adjacent to an activating group) is 1. The molecule has 0 aliphatic carbocycles. The Labute approximate surface area is 180 Å². The number of halogens is 2. The fraction of sp³-hybridized carbons (Fsp3) is 0.333. The normalized spacial score (nSPS) is 11.7. The first-order valence-electron chi connectivity index (χ1n) is 8.99. The summed E-state index contributed by atoms with van der Waals surface area (Å²) in [5.74, 6) is 0.517. The maximum atomic E-state index is 12.8. The van der Waals surface area contributed by atoms with Gasteiger partial charge in [-0.1, -0.05) is 59.6 Å². The number of carbonyl (C=O) groups excluding carboxylic acids is 2. The highest BCUT2D eigenvalue weighted by Gasteiger charge is 2.25. The molecule has 0 spiro atoms. The quantitative estimate of drug-likeness (QED) is 0.629. The number of hydrogen-bond acceptors (Lipinski definition) is 3. The standard InChI is InChI=1S/C21H24Cl2N2O2S/c1-15(21(27)24-2)25(12-11-16-7-4-3-5-8-16)20(26)14-28-13-17-18(22)9-6-10-19(17)23/h3-10,15H,11-14H2,1-2H3,(H,24,27)/t15-/m0/s1. The van der Waals surface area contributed by atoms with Gasteiger partial charge in [-0.2, -0.15) is 0 Å². The van der Waals surface area contributed by atoms with Crippen LogP contribution in [0.4, 0.5) is 0 Å². The van der Waals surface area contributed by atoms with Crippen LogP contribution >= 0.6 is 35.0 Å². The first-order chi connectivity index (χ1) is 13.4. The van der Waals surface area contributed by atoms with E-state index in [1.807, 2.05) is 30.3 Å². The van der Waals surface area contributed by atoms with E-state index in [1.165, 1.54) is 11.8 Å². The Hall–Kier alpha value is -1.69. The zero-order valence-electron chi connectivity index (χ0n) is 16.0. The molecule has 0 fully saturated rings. The molecule has 2 aromatic carbocycles. The summed E-state index contributed by atoms with van der Waals surface area (Å²) < 4.78 is 0. The van der Waals surface area contributed by atoms with Crippen molar-refractivity contribution in [2.75, 3.05) is 19.3 Å². The molecule has 0 bridgehead atoms. The second-order valence-electron chi connectivity index (χ2n) is 6.31. The van der Waals surface area contributed by atoms with Gasteiger partial charge < -0.3 is 10.2 Å². The summed E-state index contributed by atoms with van der Waals surface area (Å²) in [7, 11) is 1.58. The van der Waals surface area contributed by atoms with Crippen molar-refractivity contribution in [2.24, 2.45) is 0 Å². The lowest BCUT2D eigenvalue weighted by atomic mass is 10.1. The maximum Gasteiger partial charge on any atom is 0.242 e. The van der Waals surface area contributed by atoms with Gasteiger partial charge in [0.1, 0.15) is 6.04 Å². The molecule has 0 aromatic heterocycles. The molecule has 0 unspecified atom stereocenters. The van der Waals surface area contributed by atoms with Gasteiger partial charge in [0.25, 0.3) is 0 Å². The third-order valence-corrected chi connectivity index (χ3v) is 6.08. The summed E-state index contributed by atoms with van der Waals surface area (Å²) in [5, 5.41) is 3.80. The second kappa shape index (κ2) is 11.3. The zero-order chi connectivity index (χ0) is 20.5. The molecule has 0 aliphatic heterocycles. The van der Waals surface area contributed by atoms with E-state index in [4.69, 9.17) is 23.2 Å². The van der Waals surface area contributed by atoms with Crippen molar-refractivity contribution >= 4 is 46.8 Å². The van der Waals surface area contributed by atoms with E-state index < -0.39 is 6.04 Å². The van der Waals surface area contributed by atoms with Crippen molar-refractivity contribution in [1.29, 1.82) is 0 Å². The summed E-state index contributed by atoms with van der Waals surface area (Å²) in [6, 6.07) is 14.7. The number of amides is 2. The van der Waals surface area contributed by atoms with E-state index in [0.717, 1.165) is 11.1 Å². The van der Waals surface area contributed by atoms with Gasteiger partial charge in [0.15, 0.2) is 0 Å². The maximum absolute atomic E-state index is 12.8. The van der Waals surface area contributed by atoms with E-state index in [-0.39, 0.29) is 17.6 Å². The summed E-state index contributed by atoms with van der Waals surface area (Å²) >= 11 is 13.8. The Balaban J connectivity index is 2.00. The third-order valence-electron chi connectivity index (χ3n) is 4.43. The highest BCUT2D eigenvalue weighted by molar-refractivity contribution is 7.99. The first kappa shape index (κ1) is 22.6. The number of rotatable bonds is 9. The molecule has 1 atom stereocenters. The topological polar surface area (TPSA) is 49.4 Å². The van der Waals surface area contributed by atoms with Crippen molar-refractivity contribution in [3.05, 3.63) is 69.7 Å². The molecule has 2 aromatic rings. The summed E-state index contributed by atoms with van der Waals surface area (Å²) in [4.78, 5) is 26.6. The number of thioether (sulfide) groups is 1. The van der Waals surface area contributed by atoms with E-state index in [1.54, 1.807) is 37.1 Å². The fourth-order valence-electron chi connectivity index (χ4n) is 2.77. The highest BCUT2D eigenvalue weighted by atomic mass is 35.5. The molecular weight excluding hydrogens is 415 g/mol. The summed E-state index contributed by atoms with van der Waals surface area (Å²) in [5.41, 5.74) is 1.94. The minimum Gasteiger partial charge on any atom is -0.357 e. The van der Waals surface area contributed by atoms with Gasteiger partial charge in [-0.3, -0.25) is 9.59 Å². The van der Waals surface area contributed by atoms with Gasteiger partial charge in [-0.25, -0.2) is 0 Å². The van der Waals surface area contributed by atoms with Gasteiger partial charge in [0.2, 0.25) is 11.8 Å². The van der Waals surface area contributed by atoms with E-state index in [9.17, 15) is 9.59 Å². The average molecular weight is 439 g/mol. The van der Waals surface area contributed by atoms with Crippen LogP contribution in [0.15, 0.2) is 48.5 Å². The summed E-state index contributed by atoms with van der Waals surface area (Å²) in [6.45, 7) is 2.22. The Kier molecular flexibility index (Phi) is 9.16. The molecular formula is C21H24Cl2N2O2S. The zero-order valence-corrected chi connectivity index (χ0v) is 18.3. The van der Waals surface area contributed by atoms with Crippen LogP contribution in [0.5, 0.6) is 0 Å². The Bertz CT molecular complexity index is 782. The van der Waals surface area contributed by atoms with E-state index in [0.29, 0.717) is 28.8 Å². The van der Waals surface area contributed by atoms with Crippen LogP contribution in [0.25, 0.3) is 0 Å².